The Labute approximate surface area is 125 Å². The third-order valence-electron chi connectivity index (χ3n) is 4.35. The number of rotatable bonds is 3. The largest absolute Gasteiger partial charge is 0.465 e. The number of anilines is 1. The summed E-state index contributed by atoms with van der Waals surface area (Å²) >= 11 is 6.21. The first-order chi connectivity index (χ1) is 9.51. The van der Waals surface area contributed by atoms with Crippen molar-refractivity contribution in [2.75, 3.05) is 12.4 Å². The molecule has 1 fully saturated rings. The van der Waals surface area contributed by atoms with E-state index in [0.717, 1.165) is 24.4 Å². The Bertz CT molecular complexity index is 489. The molecule has 20 heavy (non-hydrogen) atoms. The molecule has 0 heterocycles. The summed E-state index contributed by atoms with van der Waals surface area (Å²) in [5.74, 6) is 1.16. The highest BCUT2D eigenvalue weighted by Gasteiger charge is 2.25. The van der Waals surface area contributed by atoms with E-state index in [1.54, 1.807) is 18.2 Å². The quantitative estimate of drug-likeness (QED) is 0.842. The van der Waals surface area contributed by atoms with Gasteiger partial charge in [0.25, 0.3) is 0 Å². The molecule has 0 aromatic heterocycles. The van der Waals surface area contributed by atoms with Crippen LogP contribution in [0, 0.1) is 11.8 Å². The van der Waals surface area contributed by atoms with E-state index in [-0.39, 0.29) is 5.97 Å². The van der Waals surface area contributed by atoms with Gasteiger partial charge in [-0.1, -0.05) is 25.4 Å². The first kappa shape index (κ1) is 15.2. The number of carbonyl (C=O) groups is 1. The number of ether oxygens (including phenoxy) is 1. The number of benzene rings is 1. The second kappa shape index (κ2) is 6.49. The number of nitrogens with one attached hydrogen (secondary N) is 1. The van der Waals surface area contributed by atoms with Crippen molar-refractivity contribution in [2.45, 2.75) is 39.2 Å². The molecule has 0 amide bonds. The highest BCUT2D eigenvalue weighted by atomic mass is 35.5. The van der Waals surface area contributed by atoms with Crippen LogP contribution in [-0.4, -0.2) is 19.1 Å². The molecule has 1 aliphatic carbocycles. The van der Waals surface area contributed by atoms with Crippen LogP contribution in [0.4, 0.5) is 5.69 Å². The van der Waals surface area contributed by atoms with Crippen molar-refractivity contribution >= 4 is 23.3 Å². The summed E-state index contributed by atoms with van der Waals surface area (Å²) in [7, 11) is 1.38. The smallest absolute Gasteiger partial charge is 0.337 e. The normalized spacial score (nSPS) is 26.1. The van der Waals surface area contributed by atoms with Gasteiger partial charge in [-0.3, -0.25) is 0 Å². The van der Waals surface area contributed by atoms with E-state index in [2.05, 4.69) is 19.2 Å². The molecule has 3 nitrogen and oxygen atoms in total. The second-order valence-electron chi connectivity index (χ2n) is 5.80. The molecule has 1 saturated carbocycles. The molecule has 1 aliphatic rings. The van der Waals surface area contributed by atoms with Crippen molar-refractivity contribution in [2.24, 2.45) is 11.8 Å². The summed E-state index contributed by atoms with van der Waals surface area (Å²) in [6.07, 6.45) is 3.51. The van der Waals surface area contributed by atoms with Gasteiger partial charge in [0.1, 0.15) is 0 Å². The third-order valence-corrected chi connectivity index (χ3v) is 4.67. The van der Waals surface area contributed by atoms with Gasteiger partial charge in [-0.15, -0.1) is 0 Å². The molecular formula is C16H22ClNO2. The summed E-state index contributed by atoms with van der Waals surface area (Å²) < 4.78 is 4.74. The van der Waals surface area contributed by atoms with Crippen molar-refractivity contribution in [3.05, 3.63) is 28.8 Å². The maximum Gasteiger partial charge on any atom is 0.337 e. The predicted octanol–water partition coefficient (Wildman–Crippen LogP) is 4.36. The Morgan fingerprint density at radius 2 is 2.05 bits per heavy atom. The van der Waals surface area contributed by atoms with Gasteiger partial charge in [-0.05, 0) is 49.3 Å². The molecule has 0 saturated heterocycles. The van der Waals surface area contributed by atoms with Crippen molar-refractivity contribution in [3.63, 3.8) is 0 Å². The van der Waals surface area contributed by atoms with E-state index in [1.807, 2.05) is 0 Å². The Morgan fingerprint density at radius 3 is 2.70 bits per heavy atom. The van der Waals surface area contributed by atoms with E-state index in [0.29, 0.717) is 22.5 Å². The van der Waals surface area contributed by atoms with Gasteiger partial charge in [0.05, 0.1) is 23.4 Å². The number of hydrogen-bond acceptors (Lipinski definition) is 3. The first-order valence-electron chi connectivity index (χ1n) is 7.15. The Balaban J connectivity index is 2.10. The van der Waals surface area contributed by atoms with Crippen LogP contribution in [0.15, 0.2) is 18.2 Å². The van der Waals surface area contributed by atoms with E-state index in [1.165, 1.54) is 13.5 Å². The molecule has 0 spiro atoms. The molecule has 110 valence electrons. The summed E-state index contributed by atoms with van der Waals surface area (Å²) in [4.78, 5) is 11.6. The molecule has 4 heteroatoms. The lowest BCUT2D eigenvalue weighted by Crippen LogP contribution is -2.30. The summed E-state index contributed by atoms with van der Waals surface area (Å²) in [6, 6.07) is 5.62. The zero-order chi connectivity index (χ0) is 14.7. The van der Waals surface area contributed by atoms with Gasteiger partial charge >= 0.3 is 5.97 Å². The highest BCUT2D eigenvalue weighted by molar-refractivity contribution is 6.33. The van der Waals surface area contributed by atoms with Gasteiger partial charge < -0.3 is 10.1 Å². The Kier molecular flexibility index (Phi) is 4.92. The molecule has 0 aliphatic heterocycles. The fourth-order valence-electron chi connectivity index (χ4n) is 2.78. The van der Waals surface area contributed by atoms with Crippen LogP contribution in [0.25, 0.3) is 0 Å². The second-order valence-corrected chi connectivity index (χ2v) is 6.20. The maximum atomic E-state index is 11.6. The number of halogens is 1. The zero-order valence-corrected chi connectivity index (χ0v) is 13.0. The number of methoxy groups -OCH3 is 1. The van der Waals surface area contributed by atoms with Crippen LogP contribution in [0.5, 0.6) is 0 Å². The van der Waals surface area contributed by atoms with Crippen LogP contribution in [0.3, 0.4) is 0 Å². The van der Waals surface area contributed by atoms with Crippen LogP contribution in [0.1, 0.15) is 43.5 Å². The minimum atomic E-state index is -0.338. The number of esters is 1. The molecule has 3 atom stereocenters. The van der Waals surface area contributed by atoms with Gasteiger partial charge in [0.15, 0.2) is 0 Å². The van der Waals surface area contributed by atoms with Gasteiger partial charge in [-0.2, -0.15) is 0 Å². The monoisotopic (exact) mass is 295 g/mol. The topological polar surface area (TPSA) is 38.3 Å². The van der Waals surface area contributed by atoms with E-state index in [4.69, 9.17) is 16.3 Å². The molecule has 1 aromatic rings. The first-order valence-corrected chi connectivity index (χ1v) is 7.53. The van der Waals surface area contributed by atoms with Crippen LogP contribution in [-0.2, 0) is 4.74 Å². The fourth-order valence-corrected chi connectivity index (χ4v) is 2.95. The number of carbonyl (C=O) groups excluding carboxylic acids is 1. The molecule has 1 N–H and O–H groups in total. The lowest BCUT2D eigenvalue weighted by atomic mass is 9.79. The number of hydrogen-bond donors (Lipinski definition) is 1. The molecule has 1 aromatic carbocycles. The molecule has 0 bridgehead atoms. The van der Waals surface area contributed by atoms with Crippen LogP contribution < -0.4 is 5.32 Å². The molecule has 3 unspecified atom stereocenters. The molecular weight excluding hydrogens is 274 g/mol. The molecule has 0 radical (unpaired) electrons. The van der Waals surface area contributed by atoms with Crippen LogP contribution in [0.2, 0.25) is 5.02 Å². The van der Waals surface area contributed by atoms with Crippen LogP contribution >= 0.6 is 11.6 Å². The third kappa shape index (κ3) is 3.45. The van der Waals surface area contributed by atoms with Crippen molar-refractivity contribution in [3.8, 4) is 0 Å². The Morgan fingerprint density at radius 1 is 1.30 bits per heavy atom. The SMILES string of the molecule is COC(=O)c1ccc(Cl)c(NC2CCC(C)C(C)C2)c1. The van der Waals surface area contributed by atoms with Crippen molar-refractivity contribution < 1.29 is 9.53 Å². The summed E-state index contributed by atoms with van der Waals surface area (Å²) in [6.45, 7) is 4.61. The van der Waals surface area contributed by atoms with E-state index in [9.17, 15) is 4.79 Å². The summed E-state index contributed by atoms with van der Waals surface area (Å²) in [5, 5.41) is 4.12. The predicted molar refractivity (Wildman–Crippen MR) is 82.4 cm³/mol. The maximum absolute atomic E-state index is 11.6. The Hall–Kier alpha value is -1.22. The minimum Gasteiger partial charge on any atom is -0.465 e. The van der Waals surface area contributed by atoms with Gasteiger partial charge in [0, 0.05) is 6.04 Å². The van der Waals surface area contributed by atoms with E-state index >= 15 is 0 Å². The lowest BCUT2D eigenvalue weighted by molar-refractivity contribution is 0.0601. The summed E-state index contributed by atoms with van der Waals surface area (Å²) in [5.41, 5.74) is 1.35. The average Bonchev–Trinajstić information content (AvgIpc) is 2.44. The standard InChI is InChI=1S/C16H22ClNO2/c1-10-4-6-13(8-11(10)2)18-15-9-12(16(19)20-3)5-7-14(15)17/h5,7,9-11,13,18H,4,6,8H2,1-3H3. The lowest BCUT2D eigenvalue weighted by Gasteiger charge is -2.33. The van der Waals surface area contributed by atoms with Crippen molar-refractivity contribution in [1.29, 1.82) is 0 Å². The van der Waals surface area contributed by atoms with E-state index < -0.39 is 0 Å². The van der Waals surface area contributed by atoms with Crippen molar-refractivity contribution in [1.82, 2.24) is 0 Å². The minimum absolute atomic E-state index is 0.338. The molecule has 2 rings (SSSR count). The van der Waals surface area contributed by atoms with Gasteiger partial charge in [0.2, 0.25) is 0 Å². The average molecular weight is 296 g/mol. The highest BCUT2D eigenvalue weighted by Crippen LogP contribution is 2.33. The fraction of sp³-hybridized carbons (Fsp3) is 0.562. The zero-order valence-electron chi connectivity index (χ0n) is 12.3. The van der Waals surface area contributed by atoms with Gasteiger partial charge in [-0.25, -0.2) is 4.79 Å².